The normalized spacial score (nSPS) is 17.0. The number of amides is 2. The maximum Gasteiger partial charge on any atom is 0.229 e. The van der Waals surface area contributed by atoms with Crippen LogP contribution in [0.2, 0.25) is 0 Å². The van der Waals surface area contributed by atoms with Crippen LogP contribution in [0.3, 0.4) is 0 Å². The van der Waals surface area contributed by atoms with Crippen LogP contribution in [0.1, 0.15) is 18.4 Å². The van der Waals surface area contributed by atoms with Gasteiger partial charge in [0.15, 0.2) is 0 Å². The molecule has 0 aliphatic carbocycles. The van der Waals surface area contributed by atoms with Gasteiger partial charge in [-0.1, -0.05) is 30.3 Å². The average Bonchev–Trinajstić information content (AvgIpc) is 3.14. The molecule has 1 atom stereocenters. The summed E-state index contributed by atoms with van der Waals surface area (Å²) in [6.07, 6.45) is 5.56. The molecule has 28 heavy (non-hydrogen) atoms. The molecule has 0 spiro atoms. The van der Waals surface area contributed by atoms with E-state index in [-0.39, 0.29) is 17.7 Å². The summed E-state index contributed by atoms with van der Waals surface area (Å²) in [4.78, 5) is 29.2. The zero-order valence-electron chi connectivity index (χ0n) is 16.7. The van der Waals surface area contributed by atoms with Crippen molar-refractivity contribution in [3.05, 3.63) is 48.3 Å². The van der Waals surface area contributed by atoms with Gasteiger partial charge in [0.2, 0.25) is 11.8 Å². The minimum atomic E-state index is -0.182. The van der Waals surface area contributed by atoms with E-state index in [1.165, 1.54) is 0 Å². The van der Waals surface area contributed by atoms with Crippen LogP contribution < -0.4 is 5.32 Å². The van der Waals surface area contributed by atoms with Gasteiger partial charge in [0.25, 0.3) is 0 Å². The largest absolute Gasteiger partial charge is 0.342 e. The second-order valence-corrected chi connectivity index (χ2v) is 7.63. The van der Waals surface area contributed by atoms with E-state index >= 15 is 0 Å². The number of hydrogen-bond donors (Lipinski definition) is 1. The molecule has 1 aromatic heterocycles. The highest BCUT2D eigenvalue weighted by Crippen LogP contribution is 2.19. The van der Waals surface area contributed by atoms with Crippen molar-refractivity contribution < 1.29 is 9.59 Å². The highest BCUT2D eigenvalue weighted by Gasteiger charge is 2.28. The lowest BCUT2D eigenvalue weighted by Crippen LogP contribution is -2.44. The molecule has 7 nitrogen and oxygen atoms in total. The molecule has 1 fully saturated rings. The first kappa shape index (κ1) is 20.1. The van der Waals surface area contributed by atoms with Gasteiger partial charge in [0.1, 0.15) is 0 Å². The Bertz CT molecular complexity index is 787. The topological polar surface area (TPSA) is 70.5 Å². The number of carbonyl (C=O) groups excluding carboxylic acids is 2. The van der Waals surface area contributed by atoms with E-state index in [1.807, 2.05) is 60.2 Å². The third-order valence-electron chi connectivity index (χ3n) is 5.02. The van der Waals surface area contributed by atoms with Crippen LogP contribution in [0, 0.1) is 5.92 Å². The second kappa shape index (κ2) is 9.50. The van der Waals surface area contributed by atoms with E-state index in [0.717, 1.165) is 38.0 Å². The number of rotatable bonds is 7. The van der Waals surface area contributed by atoms with E-state index in [4.69, 9.17) is 0 Å². The fourth-order valence-electron chi connectivity index (χ4n) is 3.40. The lowest BCUT2D eigenvalue weighted by Gasteiger charge is -2.32. The van der Waals surface area contributed by atoms with Crippen LogP contribution in [0.5, 0.6) is 0 Å². The fourth-order valence-corrected chi connectivity index (χ4v) is 3.40. The van der Waals surface area contributed by atoms with Crippen molar-refractivity contribution in [3.63, 3.8) is 0 Å². The Morgan fingerprint density at radius 1 is 1.25 bits per heavy atom. The highest BCUT2D eigenvalue weighted by molar-refractivity contribution is 5.93. The zero-order valence-corrected chi connectivity index (χ0v) is 16.7. The van der Waals surface area contributed by atoms with Crippen molar-refractivity contribution in [2.24, 2.45) is 5.92 Å². The lowest BCUT2D eigenvalue weighted by molar-refractivity contribution is -0.133. The summed E-state index contributed by atoms with van der Waals surface area (Å²) < 4.78 is 1.83. The Kier molecular flexibility index (Phi) is 6.81. The third-order valence-corrected chi connectivity index (χ3v) is 5.02. The van der Waals surface area contributed by atoms with Crippen LogP contribution in [-0.2, 0) is 22.6 Å². The smallest absolute Gasteiger partial charge is 0.229 e. The number of aromatic nitrogens is 2. The summed E-state index contributed by atoms with van der Waals surface area (Å²) >= 11 is 0. The molecule has 1 saturated heterocycles. The molecule has 150 valence electrons. The number of piperidine rings is 1. The van der Waals surface area contributed by atoms with Crippen molar-refractivity contribution in [1.29, 1.82) is 0 Å². The zero-order chi connectivity index (χ0) is 19.9. The molecule has 2 aromatic rings. The van der Waals surface area contributed by atoms with Gasteiger partial charge in [-0.05, 0) is 32.5 Å². The number of likely N-dealkylation sites (tertiary alicyclic amines) is 1. The number of carbonyl (C=O) groups is 2. The van der Waals surface area contributed by atoms with Gasteiger partial charge in [-0.25, -0.2) is 0 Å². The Morgan fingerprint density at radius 3 is 2.79 bits per heavy atom. The fraction of sp³-hybridized carbons (Fsp3) is 0.476. The molecule has 1 aliphatic heterocycles. The maximum atomic E-state index is 12.7. The molecule has 7 heteroatoms. The van der Waals surface area contributed by atoms with Gasteiger partial charge in [0, 0.05) is 25.8 Å². The number of anilines is 1. The Morgan fingerprint density at radius 2 is 2.04 bits per heavy atom. The predicted octanol–water partition coefficient (Wildman–Crippen LogP) is 1.86. The van der Waals surface area contributed by atoms with Gasteiger partial charge >= 0.3 is 0 Å². The summed E-state index contributed by atoms with van der Waals surface area (Å²) in [7, 11) is 4.03. The minimum Gasteiger partial charge on any atom is -0.342 e. The molecule has 1 N–H and O–H groups in total. The van der Waals surface area contributed by atoms with Crippen LogP contribution in [-0.4, -0.2) is 65.1 Å². The molecular weight excluding hydrogens is 354 g/mol. The second-order valence-electron chi connectivity index (χ2n) is 7.63. The number of hydrogen-bond acceptors (Lipinski definition) is 4. The van der Waals surface area contributed by atoms with E-state index in [1.54, 1.807) is 6.20 Å². The SMILES string of the molecule is CN(C)CCn1cc(NC(=O)C2CCCN(C(=O)Cc3ccccc3)C2)cn1. The van der Waals surface area contributed by atoms with Crippen LogP contribution in [0.4, 0.5) is 5.69 Å². The van der Waals surface area contributed by atoms with Gasteiger partial charge in [0.05, 0.1) is 30.8 Å². The van der Waals surface area contributed by atoms with Gasteiger partial charge < -0.3 is 15.1 Å². The quantitative estimate of drug-likeness (QED) is 0.792. The highest BCUT2D eigenvalue weighted by atomic mass is 16.2. The lowest BCUT2D eigenvalue weighted by atomic mass is 9.96. The summed E-state index contributed by atoms with van der Waals surface area (Å²) in [5.41, 5.74) is 1.71. The Labute approximate surface area is 166 Å². The molecule has 0 bridgehead atoms. The monoisotopic (exact) mass is 383 g/mol. The van der Waals surface area contributed by atoms with Crippen LogP contribution in [0.25, 0.3) is 0 Å². The van der Waals surface area contributed by atoms with E-state index in [9.17, 15) is 9.59 Å². The first-order valence-corrected chi connectivity index (χ1v) is 9.81. The molecule has 1 aliphatic rings. The first-order valence-electron chi connectivity index (χ1n) is 9.81. The predicted molar refractivity (Wildman–Crippen MR) is 109 cm³/mol. The number of likely N-dealkylation sites (N-methyl/N-ethyl adjacent to an activating group) is 1. The summed E-state index contributed by atoms with van der Waals surface area (Å²) in [6.45, 7) is 2.86. The summed E-state index contributed by atoms with van der Waals surface area (Å²) in [6, 6.07) is 9.74. The summed E-state index contributed by atoms with van der Waals surface area (Å²) in [5, 5.41) is 7.24. The molecule has 2 amide bonds. The van der Waals surface area contributed by atoms with Crippen molar-refractivity contribution in [1.82, 2.24) is 19.6 Å². The van der Waals surface area contributed by atoms with Gasteiger partial charge in [-0.3, -0.25) is 14.3 Å². The molecule has 1 unspecified atom stereocenters. The molecule has 1 aromatic carbocycles. The van der Waals surface area contributed by atoms with Crippen molar-refractivity contribution >= 4 is 17.5 Å². The Hall–Kier alpha value is -2.67. The molecular formula is C21H29N5O2. The van der Waals surface area contributed by atoms with Crippen molar-refractivity contribution in [2.45, 2.75) is 25.8 Å². The van der Waals surface area contributed by atoms with E-state index in [0.29, 0.717) is 18.7 Å². The van der Waals surface area contributed by atoms with Crippen molar-refractivity contribution in [3.8, 4) is 0 Å². The van der Waals surface area contributed by atoms with Crippen molar-refractivity contribution in [2.75, 3.05) is 39.0 Å². The first-order chi connectivity index (χ1) is 13.5. The third kappa shape index (κ3) is 5.66. The van der Waals surface area contributed by atoms with Crippen LogP contribution >= 0.6 is 0 Å². The average molecular weight is 383 g/mol. The number of nitrogens with one attached hydrogen (secondary N) is 1. The van der Waals surface area contributed by atoms with E-state index in [2.05, 4.69) is 15.3 Å². The van der Waals surface area contributed by atoms with E-state index < -0.39 is 0 Å². The van der Waals surface area contributed by atoms with Crippen LogP contribution in [0.15, 0.2) is 42.7 Å². The van der Waals surface area contributed by atoms with Gasteiger partial charge in [-0.2, -0.15) is 5.10 Å². The molecule has 3 rings (SSSR count). The summed E-state index contributed by atoms with van der Waals surface area (Å²) in [5.74, 6) is -0.136. The number of benzene rings is 1. The Balaban J connectivity index is 1.52. The van der Waals surface area contributed by atoms with Gasteiger partial charge in [-0.15, -0.1) is 0 Å². The standard InChI is InChI=1S/C21H29N5O2/c1-24(2)11-12-26-16-19(14-22-26)23-21(28)18-9-6-10-25(15-18)20(27)13-17-7-4-3-5-8-17/h3-5,7-8,14,16,18H,6,9-13,15H2,1-2H3,(H,23,28). The molecule has 0 saturated carbocycles. The molecule has 2 heterocycles. The minimum absolute atomic E-state index is 0.0376. The molecule has 0 radical (unpaired) electrons. The maximum absolute atomic E-state index is 12.7. The number of nitrogens with zero attached hydrogens (tertiary/aromatic N) is 4.